The van der Waals surface area contributed by atoms with E-state index in [1.807, 2.05) is 24.3 Å². The van der Waals surface area contributed by atoms with Gasteiger partial charge < -0.3 is 20.6 Å². The van der Waals surface area contributed by atoms with Crippen LogP contribution in [-0.4, -0.2) is 33.8 Å². The number of anilines is 2. The van der Waals surface area contributed by atoms with Crippen LogP contribution >= 0.6 is 0 Å². The molecule has 0 radical (unpaired) electrons. The highest BCUT2D eigenvalue weighted by Crippen LogP contribution is 2.36. The van der Waals surface area contributed by atoms with E-state index in [1.165, 1.54) is 10.8 Å². The van der Waals surface area contributed by atoms with Gasteiger partial charge in [-0.3, -0.25) is 14.8 Å². The molecule has 1 aliphatic heterocycles. The minimum Gasteiger partial charge on any atom is -0.383 e. The SMILES string of the molecule is C[C@@H](CF)N1C=C([C@@H](Nc2cc(C#N)c3ncc(C#N)c(NCC(C)(C)C)c3c2)c2cccc3c(=O)n(C)ccc23)NN1. The lowest BCUT2D eigenvalue weighted by Crippen LogP contribution is -2.43. The van der Waals surface area contributed by atoms with Crippen molar-refractivity contribution in [2.45, 2.75) is 39.8 Å². The maximum absolute atomic E-state index is 13.5. The Hall–Kier alpha value is -5.13. The first-order valence-corrected chi connectivity index (χ1v) is 14.0. The van der Waals surface area contributed by atoms with Crippen molar-refractivity contribution in [2.24, 2.45) is 12.5 Å². The monoisotopic (exact) mass is 579 g/mol. The molecular formula is C32H34FN9O. The molecule has 0 spiro atoms. The highest BCUT2D eigenvalue weighted by Gasteiger charge is 2.27. The molecular weight excluding hydrogens is 545 g/mol. The van der Waals surface area contributed by atoms with Gasteiger partial charge in [0.1, 0.15) is 18.8 Å². The van der Waals surface area contributed by atoms with Crippen molar-refractivity contribution in [3.05, 3.63) is 87.7 Å². The van der Waals surface area contributed by atoms with E-state index >= 15 is 0 Å². The Morgan fingerprint density at radius 3 is 2.56 bits per heavy atom. The molecule has 2 atom stereocenters. The van der Waals surface area contributed by atoms with Crippen molar-refractivity contribution in [1.29, 1.82) is 10.5 Å². The van der Waals surface area contributed by atoms with Gasteiger partial charge in [0.25, 0.3) is 5.56 Å². The normalized spacial score (nSPS) is 14.5. The Bertz CT molecular complexity index is 1880. The maximum Gasteiger partial charge on any atom is 0.258 e. The zero-order chi connectivity index (χ0) is 30.9. The van der Waals surface area contributed by atoms with Gasteiger partial charge in [0.15, 0.2) is 0 Å². The largest absolute Gasteiger partial charge is 0.383 e. The van der Waals surface area contributed by atoms with E-state index in [4.69, 9.17) is 0 Å². The molecule has 5 rings (SSSR count). The number of aromatic nitrogens is 2. The minimum absolute atomic E-state index is 0.0665. The lowest BCUT2D eigenvalue weighted by molar-refractivity contribution is 0.178. The number of aryl methyl sites for hydroxylation is 1. The molecule has 4 aromatic rings. The summed E-state index contributed by atoms with van der Waals surface area (Å²) in [5, 5.41) is 30.5. The van der Waals surface area contributed by atoms with Gasteiger partial charge in [0.05, 0.1) is 40.1 Å². The van der Waals surface area contributed by atoms with Crippen LogP contribution in [0.15, 0.2) is 65.5 Å². The number of alkyl halides is 1. The Balaban J connectivity index is 1.69. The fourth-order valence-electron chi connectivity index (χ4n) is 5.04. The van der Waals surface area contributed by atoms with Gasteiger partial charge in [-0.1, -0.05) is 32.9 Å². The number of hydrazine groups is 2. The molecule has 3 heterocycles. The number of benzene rings is 2. The Morgan fingerprint density at radius 1 is 1.09 bits per heavy atom. The molecule has 220 valence electrons. The lowest BCUT2D eigenvalue weighted by atomic mass is 9.96. The first kappa shape index (κ1) is 29.4. The summed E-state index contributed by atoms with van der Waals surface area (Å²) in [5.41, 5.74) is 9.86. The lowest BCUT2D eigenvalue weighted by Gasteiger charge is -2.24. The third kappa shape index (κ3) is 5.81. The van der Waals surface area contributed by atoms with Crippen molar-refractivity contribution < 1.29 is 4.39 Å². The molecule has 0 aliphatic carbocycles. The number of nitriles is 2. The summed E-state index contributed by atoms with van der Waals surface area (Å²) in [5.74, 6) is 0. The quantitative estimate of drug-likeness (QED) is 0.228. The second-order valence-electron chi connectivity index (χ2n) is 12.0. The predicted molar refractivity (Wildman–Crippen MR) is 166 cm³/mol. The van der Waals surface area contributed by atoms with Crippen molar-refractivity contribution in [3.63, 3.8) is 0 Å². The van der Waals surface area contributed by atoms with Crippen LogP contribution in [0.5, 0.6) is 0 Å². The average molecular weight is 580 g/mol. The molecule has 0 bridgehead atoms. The number of hydrogen-bond donors (Lipinski definition) is 4. The van der Waals surface area contributed by atoms with Gasteiger partial charge in [-0.05, 0) is 47.6 Å². The maximum atomic E-state index is 13.5. The van der Waals surface area contributed by atoms with Crippen molar-refractivity contribution in [1.82, 2.24) is 25.5 Å². The average Bonchev–Trinajstić information content (AvgIpc) is 3.49. The van der Waals surface area contributed by atoms with E-state index in [0.29, 0.717) is 51.0 Å². The number of nitrogens with zero attached hydrogens (tertiary/aromatic N) is 5. The fourth-order valence-corrected chi connectivity index (χ4v) is 5.04. The molecule has 0 unspecified atom stereocenters. The van der Waals surface area contributed by atoms with Gasteiger partial charge in [0.2, 0.25) is 0 Å². The topological polar surface area (TPSA) is 134 Å². The number of halogens is 1. The van der Waals surface area contributed by atoms with Crippen LogP contribution in [0.3, 0.4) is 0 Å². The molecule has 4 N–H and O–H groups in total. The summed E-state index contributed by atoms with van der Waals surface area (Å²) >= 11 is 0. The van der Waals surface area contributed by atoms with E-state index in [1.54, 1.807) is 43.5 Å². The standard InChI is InChI=1S/C32H34FN9O/c1-19(13-33)42-17-27(39-40-42)30(24-7-6-8-25-23(24)9-10-41(5)31(25)43)38-22-11-20(14-34)28-26(12-22)29(21(15-35)16-36-28)37-18-32(2,3)4/h6-12,16-17,19,30,38-40H,13,18H2,1-5H3,(H,36,37)/t19-,30-/m0/s1. The molecule has 2 aromatic heterocycles. The first-order chi connectivity index (χ1) is 20.5. The van der Waals surface area contributed by atoms with Crippen molar-refractivity contribution >= 4 is 33.1 Å². The van der Waals surface area contributed by atoms with E-state index < -0.39 is 18.8 Å². The van der Waals surface area contributed by atoms with Gasteiger partial charge in [-0.15, -0.1) is 5.53 Å². The summed E-state index contributed by atoms with van der Waals surface area (Å²) < 4.78 is 15.1. The van der Waals surface area contributed by atoms with E-state index in [-0.39, 0.29) is 11.0 Å². The third-order valence-electron chi connectivity index (χ3n) is 7.40. The molecule has 10 nitrogen and oxygen atoms in total. The molecule has 0 saturated heterocycles. The second kappa shape index (κ2) is 11.6. The van der Waals surface area contributed by atoms with Crippen molar-refractivity contribution in [2.75, 3.05) is 23.9 Å². The molecule has 0 fully saturated rings. The van der Waals surface area contributed by atoms with Crippen LogP contribution in [0, 0.1) is 28.1 Å². The van der Waals surface area contributed by atoms with Crippen LogP contribution < -0.4 is 27.2 Å². The molecule has 43 heavy (non-hydrogen) atoms. The van der Waals surface area contributed by atoms with E-state index in [9.17, 15) is 19.7 Å². The number of pyridine rings is 2. The predicted octanol–water partition coefficient (Wildman–Crippen LogP) is 4.97. The Morgan fingerprint density at radius 2 is 1.86 bits per heavy atom. The number of rotatable bonds is 8. The summed E-state index contributed by atoms with van der Waals surface area (Å²) in [6, 6.07) is 14.5. The van der Waals surface area contributed by atoms with Crippen LogP contribution in [0.4, 0.5) is 15.8 Å². The van der Waals surface area contributed by atoms with Crippen LogP contribution in [-0.2, 0) is 7.05 Å². The Kier molecular flexibility index (Phi) is 7.94. The number of hydrogen-bond acceptors (Lipinski definition) is 9. The van der Waals surface area contributed by atoms with Gasteiger partial charge in [-0.2, -0.15) is 10.5 Å². The summed E-state index contributed by atoms with van der Waals surface area (Å²) in [6.45, 7) is 8.07. The molecule has 0 amide bonds. The molecule has 2 aromatic carbocycles. The Labute approximate surface area is 249 Å². The van der Waals surface area contributed by atoms with Gasteiger partial charge in [0, 0.05) is 48.6 Å². The molecule has 11 heteroatoms. The number of fused-ring (bicyclic) bond motifs is 2. The van der Waals surface area contributed by atoms with E-state index in [0.717, 1.165) is 10.9 Å². The minimum atomic E-state index is -0.560. The smallest absolute Gasteiger partial charge is 0.258 e. The van der Waals surface area contributed by atoms with E-state index in [2.05, 4.69) is 59.5 Å². The summed E-state index contributed by atoms with van der Waals surface area (Å²) in [7, 11) is 1.71. The zero-order valence-corrected chi connectivity index (χ0v) is 24.8. The molecule has 1 aliphatic rings. The zero-order valence-electron chi connectivity index (χ0n) is 24.8. The van der Waals surface area contributed by atoms with Crippen LogP contribution in [0.25, 0.3) is 21.7 Å². The van der Waals surface area contributed by atoms with Crippen LogP contribution in [0.1, 0.15) is 50.4 Å². The fraction of sp³-hybridized carbons (Fsp3) is 0.312. The second-order valence-corrected chi connectivity index (χ2v) is 12.0. The first-order valence-electron chi connectivity index (χ1n) is 14.0. The van der Waals surface area contributed by atoms with Crippen LogP contribution in [0.2, 0.25) is 0 Å². The van der Waals surface area contributed by atoms with Gasteiger partial charge >= 0.3 is 0 Å². The highest BCUT2D eigenvalue weighted by atomic mass is 19.1. The molecule has 0 saturated carbocycles. The van der Waals surface area contributed by atoms with Crippen molar-refractivity contribution in [3.8, 4) is 12.1 Å². The number of nitrogens with one attached hydrogen (secondary N) is 4. The summed E-state index contributed by atoms with van der Waals surface area (Å²) in [4.78, 5) is 17.5. The summed E-state index contributed by atoms with van der Waals surface area (Å²) in [6.07, 6.45) is 5.00. The van der Waals surface area contributed by atoms with Gasteiger partial charge in [-0.25, -0.2) is 4.39 Å². The highest BCUT2D eigenvalue weighted by molar-refractivity contribution is 5.99. The third-order valence-corrected chi connectivity index (χ3v) is 7.40.